The third-order valence-electron chi connectivity index (χ3n) is 3.81. The maximum Gasteiger partial charge on any atom is 0.311 e. The molecule has 1 aliphatic rings. The van der Waals surface area contributed by atoms with Crippen molar-refractivity contribution in [1.29, 1.82) is 0 Å². The number of nitrogens with zero attached hydrogens (tertiary/aromatic N) is 1. The summed E-state index contributed by atoms with van der Waals surface area (Å²) in [5.41, 5.74) is 0.919. The SMILES string of the molecule is CCOc1cc(NC2CCCCC2SC)ccc1[N+](=O)[O-]. The summed E-state index contributed by atoms with van der Waals surface area (Å²) < 4.78 is 5.39. The van der Waals surface area contributed by atoms with Gasteiger partial charge in [0.05, 0.1) is 11.5 Å². The summed E-state index contributed by atoms with van der Waals surface area (Å²) in [4.78, 5) is 10.6. The summed E-state index contributed by atoms with van der Waals surface area (Å²) in [6, 6.07) is 5.45. The second-order valence-electron chi connectivity index (χ2n) is 5.18. The van der Waals surface area contributed by atoms with Crippen LogP contribution in [0.3, 0.4) is 0 Å². The van der Waals surface area contributed by atoms with Gasteiger partial charge in [-0.15, -0.1) is 0 Å². The summed E-state index contributed by atoms with van der Waals surface area (Å²) in [6.07, 6.45) is 7.04. The van der Waals surface area contributed by atoms with Gasteiger partial charge in [-0.25, -0.2) is 0 Å². The quantitative estimate of drug-likeness (QED) is 0.633. The molecule has 116 valence electrons. The van der Waals surface area contributed by atoms with E-state index < -0.39 is 4.92 Å². The highest BCUT2D eigenvalue weighted by atomic mass is 32.2. The van der Waals surface area contributed by atoms with E-state index in [4.69, 9.17) is 4.74 Å². The zero-order chi connectivity index (χ0) is 15.2. The number of hydrogen-bond acceptors (Lipinski definition) is 5. The second kappa shape index (κ2) is 7.54. The molecule has 1 aliphatic carbocycles. The van der Waals surface area contributed by atoms with Crippen molar-refractivity contribution in [2.75, 3.05) is 18.2 Å². The molecule has 1 N–H and O–H groups in total. The molecule has 0 amide bonds. The van der Waals surface area contributed by atoms with Crippen molar-refractivity contribution in [3.8, 4) is 5.75 Å². The molecule has 0 heterocycles. The Morgan fingerprint density at radius 3 is 2.86 bits per heavy atom. The van der Waals surface area contributed by atoms with Crippen molar-refractivity contribution in [2.45, 2.75) is 43.9 Å². The number of ether oxygens (including phenoxy) is 1. The van der Waals surface area contributed by atoms with Crippen LogP contribution in [0.1, 0.15) is 32.6 Å². The Morgan fingerprint density at radius 1 is 1.43 bits per heavy atom. The maximum atomic E-state index is 11.0. The van der Waals surface area contributed by atoms with Gasteiger partial charge in [0.25, 0.3) is 0 Å². The molecule has 1 fully saturated rings. The Balaban J connectivity index is 2.16. The van der Waals surface area contributed by atoms with Crippen LogP contribution in [0.15, 0.2) is 18.2 Å². The number of nitro groups is 1. The molecule has 0 aromatic heterocycles. The van der Waals surface area contributed by atoms with E-state index in [1.807, 2.05) is 18.7 Å². The molecule has 2 atom stereocenters. The Bertz CT molecular complexity index is 496. The number of nitrogens with one attached hydrogen (secondary N) is 1. The van der Waals surface area contributed by atoms with Crippen LogP contribution in [-0.2, 0) is 0 Å². The largest absolute Gasteiger partial charge is 0.487 e. The average Bonchev–Trinajstić information content (AvgIpc) is 2.48. The van der Waals surface area contributed by atoms with Gasteiger partial charge < -0.3 is 10.1 Å². The molecule has 0 saturated heterocycles. The Hall–Kier alpha value is -1.43. The van der Waals surface area contributed by atoms with Gasteiger partial charge in [0.1, 0.15) is 0 Å². The highest BCUT2D eigenvalue weighted by Crippen LogP contribution is 2.33. The van der Waals surface area contributed by atoms with Crippen LogP contribution in [0.5, 0.6) is 5.75 Å². The van der Waals surface area contributed by atoms with E-state index in [9.17, 15) is 10.1 Å². The third-order valence-corrected chi connectivity index (χ3v) is 4.98. The van der Waals surface area contributed by atoms with Crippen molar-refractivity contribution in [1.82, 2.24) is 0 Å². The summed E-state index contributed by atoms with van der Waals surface area (Å²) in [5.74, 6) is 0.337. The van der Waals surface area contributed by atoms with Gasteiger partial charge in [-0.3, -0.25) is 10.1 Å². The van der Waals surface area contributed by atoms with Crippen molar-refractivity contribution in [3.05, 3.63) is 28.3 Å². The number of anilines is 1. The van der Waals surface area contributed by atoms with Crippen molar-refractivity contribution < 1.29 is 9.66 Å². The average molecular weight is 310 g/mol. The summed E-state index contributed by atoms with van der Waals surface area (Å²) in [5, 5.41) is 15.1. The van der Waals surface area contributed by atoms with Crippen LogP contribution in [0.4, 0.5) is 11.4 Å². The van der Waals surface area contributed by atoms with Crippen LogP contribution in [0.25, 0.3) is 0 Å². The molecule has 0 bridgehead atoms. The lowest BCUT2D eigenvalue weighted by Gasteiger charge is -2.31. The van der Waals surface area contributed by atoms with E-state index in [0.717, 1.165) is 12.1 Å². The van der Waals surface area contributed by atoms with Crippen molar-refractivity contribution >= 4 is 23.1 Å². The standard InChI is InChI=1S/C15H22N2O3S/c1-3-20-14-10-11(8-9-13(14)17(18)19)16-12-6-4-5-7-15(12)21-2/h8-10,12,15-16H,3-7H2,1-2H3. The third kappa shape index (κ3) is 4.03. The molecule has 0 spiro atoms. The molecule has 5 nitrogen and oxygen atoms in total. The number of thioether (sulfide) groups is 1. The summed E-state index contributed by atoms with van der Waals surface area (Å²) >= 11 is 1.89. The number of nitro benzene ring substituents is 1. The van der Waals surface area contributed by atoms with E-state index in [0.29, 0.717) is 23.6 Å². The molecule has 0 aliphatic heterocycles. The minimum absolute atomic E-state index is 0.0208. The lowest BCUT2D eigenvalue weighted by atomic mass is 9.94. The monoisotopic (exact) mass is 310 g/mol. The number of hydrogen-bond donors (Lipinski definition) is 1. The Morgan fingerprint density at radius 2 is 2.19 bits per heavy atom. The number of benzene rings is 1. The van der Waals surface area contributed by atoms with Gasteiger partial charge in [-0.2, -0.15) is 11.8 Å². The minimum Gasteiger partial charge on any atom is -0.487 e. The van der Waals surface area contributed by atoms with Crippen molar-refractivity contribution in [2.24, 2.45) is 0 Å². The van der Waals surface area contributed by atoms with Crippen LogP contribution in [0.2, 0.25) is 0 Å². The lowest BCUT2D eigenvalue weighted by Crippen LogP contribution is -2.34. The van der Waals surface area contributed by atoms with Gasteiger partial charge in [0.2, 0.25) is 0 Å². The fourth-order valence-corrected chi connectivity index (χ4v) is 3.72. The van der Waals surface area contributed by atoms with Gasteiger partial charge >= 0.3 is 5.69 Å². The first-order chi connectivity index (χ1) is 10.2. The van der Waals surface area contributed by atoms with E-state index in [1.54, 1.807) is 12.1 Å². The minimum atomic E-state index is -0.403. The topological polar surface area (TPSA) is 64.4 Å². The van der Waals surface area contributed by atoms with E-state index in [2.05, 4.69) is 11.6 Å². The first kappa shape index (κ1) is 15.9. The second-order valence-corrected chi connectivity index (χ2v) is 6.26. The van der Waals surface area contributed by atoms with E-state index in [-0.39, 0.29) is 5.69 Å². The molecule has 21 heavy (non-hydrogen) atoms. The molecule has 1 saturated carbocycles. The van der Waals surface area contributed by atoms with Gasteiger partial charge in [-0.1, -0.05) is 12.8 Å². The van der Waals surface area contributed by atoms with Crippen molar-refractivity contribution in [3.63, 3.8) is 0 Å². The maximum absolute atomic E-state index is 11.0. The lowest BCUT2D eigenvalue weighted by molar-refractivity contribution is -0.385. The molecule has 2 rings (SSSR count). The van der Waals surface area contributed by atoms with Crippen LogP contribution in [0, 0.1) is 10.1 Å². The zero-order valence-electron chi connectivity index (χ0n) is 12.5. The van der Waals surface area contributed by atoms with E-state index >= 15 is 0 Å². The predicted molar refractivity (Wildman–Crippen MR) is 87.4 cm³/mol. The first-order valence-corrected chi connectivity index (χ1v) is 8.65. The molecule has 6 heteroatoms. The highest BCUT2D eigenvalue weighted by Gasteiger charge is 2.25. The first-order valence-electron chi connectivity index (χ1n) is 7.36. The van der Waals surface area contributed by atoms with Gasteiger partial charge in [0, 0.05) is 29.1 Å². The molecule has 1 aromatic rings. The molecule has 1 aromatic carbocycles. The molecular formula is C15H22N2O3S. The Kier molecular flexibility index (Phi) is 5.73. The summed E-state index contributed by atoms with van der Waals surface area (Å²) in [7, 11) is 0. The normalized spacial score (nSPS) is 21.8. The Labute approximate surface area is 129 Å². The van der Waals surface area contributed by atoms with Crippen LogP contribution in [-0.4, -0.2) is 29.1 Å². The van der Waals surface area contributed by atoms with Crippen LogP contribution < -0.4 is 10.1 Å². The summed E-state index contributed by atoms with van der Waals surface area (Å²) in [6.45, 7) is 2.25. The van der Waals surface area contributed by atoms with Crippen LogP contribution >= 0.6 is 11.8 Å². The molecular weight excluding hydrogens is 288 g/mol. The predicted octanol–water partition coefficient (Wildman–Crippen LogP) is 4.08. The molecule has 2 unspecified atom stereocenters. The highest BCUT2D eigenvalue weighted by molar-refractivity contribution is 7.99. The fourth-order valence-electron chi connectivity index (χ4n) is 2.78. The zero-order valence-corrected chi connectivity index (χ0v) is 13.3. The van der Waals surface area contributed by atoms with E-state index in [1.165, 1.54) is 25.3 Å². The van der Waals surface area contributed by atoms with Gasteiger partial charge in [0.15, 0.2) is 5.75 Å². The smallest absolute Gasteiger partial charge is 0.311 e. The molecule has 0 radical (unpaired) electrons. The fraction of sp³-hybridized carbons (Fsp3) is 0.600. The van der Waals surface area contributed by atoms with Gasteiger partial charge in [-0.05, 0) is 32.1 Å². The number of rotatable bonds is 6.